The highest BCUT2D eigenvalue weighted by molar-refractivity contribution is 7.47. The Morgan fingerprint density at radius 1 is 0.326 bits per heavy atom. The topological polar surface area (TPSA) is 237 Å². The number of allylic oxidation sites excluding steroid dienone is 13. The molecule has 0 saturated heterocycles. The van der Waals surface area contributed by atoms with Gasteiger partial charge in [0.1, 0.15) is 19.3 Å². The standard InChI is InChI=1S/C73H128O17P2/c1-5-9-13-17-21-25-29-31-33-35-39-41-45-49-53-57-70(75)83-63-68(89-72(77)59-55-51-47-43-37-27-23-19-15-11-7-3)65-87-91(79,80)85-61-67(74)62-86-92(81,82)88-66-69(90-73(78)60-56-52-48-44-38-28-24-20-16-12-8-4)64-84-71(76)58-54-50-46-42-40-36-34-32-30-26-22-18-14-10-6-2/h9,13,20-21,24-25,31-34,39,41,49,53,67-69,74H,5-8,10-12,14-19,22-23,26-30,35-38,40,42-48,50-52,54-66H2,1-4H3,(H,79,80)(H,81,82)/b13-9-,24-20-,25-21-,33-31-,34-32-,41-39-,53-49-. The minimum atomic E-state index is -4.98. The molecule has 5 atom stereocenters. The molecule has 0 fully saturated rings. The Hall–Kier alpha value is -3.76. The third kappa shape index (κ3) is 64.9. The maximum atomic E-state index is 13.0. The molecule has 0 aromatic heterocycles. The van der Waals surface area contributed by atoms with Gasteiger partial charge in [-0.2, -0.15) is 0 Å². The molecule has 0 bridgehead atoms. The van der Waals surface area contributed by atoms with Crippen LogP contribution in [0.25, 0.3) is 0 Å². The monoisotopic (exact) mass is 1340 g/mol. The number of phosphoric ester groups is 2. The number of hydrogen-bond acceptors (Lipinski definition) is 15. The minimum Gasteiger partial charge on any atom is -0.462 e. The highest BCUT2D eigenvalue weighted by Gasteiger charge is 2.30. The molecule has 0 amide bonds. The van der Waals surface area contributed by atoms with Crippen molar-refractivity contribution in [3.8, 4) is 0 Å². The van der Waals surface area contributed by atoms with Gasteiger partial charge in [0.25, 0.3) is 0 Å². The molecule has 0 heterocycles. The zero-order valence-corrected chi connectivity index (χ0v) is 59.5. The molecule has 3 N–H and O–H groups in total. The van der Waals surface area contributed by atoms with Crippen LogP contribution in [0.4, 0.5) is 0 Å². The molecule has 0 aliphatic heterocycles. The normalized spacial score (nSPS) is 14.6. The lowest BCUT2D eigenvalue weighted by Crippen LogP contribution is -2.30. The van der Waals surface area contributed by atoms with E-state index in [4.69, 9.17) is 37.0 Å². The van der Waals surface area contributed by atoms with Crippen LogP contribution in [0.3, 0.4) is 0 Å². The van der Waals surface area contributed by atoms with E-state index >= 15 is 0 Å². The van der Waals surface area contributed by atoms with Crippen LogP contribution in [0.2, 0.25) is 0 Å². The maximum absolute atomic E-state index is 13.0. The number of phosphoric acid groups is 2. The van der Waals surface area contributed by atoms with Crippen molar-refractivity contribution in [2.45, 2.75) is 316 Å². The number of carbonyl (C=O) groups is 4. The minimum absolute atomic E-state index is 0.0683. The molecule has 17 nitrogen and oxygen atoms in total. The predicted molar refractivity (Wildman–Crippen MR) is 372 cm³/mol. The van der Waals surface area contributed by atoms with E-state index in [9.17, 15) is 43.2 Å². The lowest BCUT2D eigenvalue weighted by atomic mass is 10.1. The first kappa shape index (κ1) is 88.2. The molecular weight excluding hydrogens is 1210 g/mol. The van der Waals surface area contributed by atoms with E-state index in [1.807, 2.05) is 18.2 Å². The van der Waals surface area contributed by atoms with Crippen LogP contribution in [0, 0.1) is 0 Å². The SMILES string of the molecule is CC/C=C\C/C=C\C/C=C\C/C=C\C/C=C\CC(=O)OCC(COP(=O)(O)OCC(O)COP(=O)(O)OCC(COC(=O)CCCCCCC/C=C\CCCCCCCC)OC(=O)CCCCCCC/C=C\CCCC)OC(=O)CCCCCCCCCCCCC. The molecule has 0 aliphatic carbocycles. The van der Waals surface area contributed by atoms with Crippen LogP contribution < -0.4 is 0 Å². The second-order valence-corrected chi connectivity index (χ2v) is 26.7. The lowest BCUT2D eigenvalue weighted by molar-refractivity contribution is -0.161. The zero-order valence-electron chi connectivity index (χ0n) is 57.7. The molecule has 532 valence electrons. The van der Waals surface area contributed by atoms with Crippen LogP contribution in [0.15, 0.2) is 85.1 Å². The van der Waals surface area contributed by atoms with E-state index in [-0.39, 0.29) is 25.7 Å². The Morgan fingerprint density at radius 2 is 0.620 bits per heavy atom. The Morgan fingerprint density at radius 3 is 0.989 bits per heavy atom. The summed E-state index contributed by atoms with van der Waals surface area (Å²) in [4.78, 5) is 72.5. The number of aliphatic hydroxyl groups excluding tert-OH is 1. The first-order chi connectivity index (χ1) is 44.7. The summed E-state index contributed by atoms with van der Waals surface area (Å²) >= 11 is 0. The molecule has 92 heavy (non-hydrogen) atoms. The number of ether oxygens (including phenoxy) is 4. The summed E-state index contributed by atoms with van der Waals surface area (Å²) in [5, 5.41) is 10.6. The fraction of sp³-hybridized carbons (Fsp3) is 0.753. The Bertz CT molecular complexity index is 2090. The molecule has 0 aromatic rings. The summed E-state index contributed by atoms with van der Waals surface area (Å²) in [6.45, 7) is 4.57. The number of aliphatic hydroxyl groups is 1. The average Bonchev–Trinajstić information content (AvgIpc) is 2.55. The quantitative estimate of drug-likeness (QED) is 0.0169. The Balaban J connectivity index is 5.36. The van der Waals surface area contributed by atoms with Crippen molar-refractivity contribution in [2.24, 2.45) is 0 Å². The third-order valence-corrected chi connectivity index (χ3v) is 16.8. The molecule has 5 unspecified atom stereocenters. The zero-order chi connectivity index (χ0) is 67.5. The second kappa shape index (κ2) is 65.9. The van der Waals surface area contributed by atoms with Gasteiger partial charge < -0.3 is 33.8 Å². The van der Waals surface area contributed by atoms with Gasteiger partial charge >= 0.3 is 39.5 Å². The van der Waals surface area contributed by atoms with Crippen molar-refractivity contribution in [1.29, 1.82) is 0 Å². The summed E-state index contributed by atoms with van der Waals surface area (Å²) in [6, 6.07) is 0. The van der Waals surface area contributed by atoms with Gasteiger partial charge in [0.15, 0.2) is 12.2 Å². The van der Waals surface area contributed by atoms with E-state index in [0.29, 0.717) is 25.7 Å². The first-order valence-electron chi connectivity index (χ1n) is 35.8. The van der Waals surface area contributed by atoms with E-state index in [1.54, 1.807) is 6.08 Å². The Labute approximate surface area is 557 Å². The van der Waals surface area contributed by atoms with Gasteiger partial charge in [0, 0.05) is 19.3 Å². The second-order valence-electron chi connectivity index (χ2n) is 23.8. The van der Waals surface area contributed by atoms with Crippen LogP contribution in [-0.4, -0.2) is 96.7 Å². The molecule has 0 spiro atoms. The smallest absolute Gasteiger partial charge is 0.462 e. The van der Waals surface area contributed by atoms with Gasteiger partial charge in [-0.25, -0.2) is 9.13 Å². The van der Waals surface area contributed by atoms with Gasteiger partial charge in [-0.1, -0.05) is 260 Å². The van der Waals surface area contributed by atoms with Gasteiger partial charge in [-0.05, 0) is 96.3 Å². The number of rotatable bonds is 67. The fourth-order valence-electron chi connectivity index (χ4n) is 9.39. The first-order valence-corrected chi connectivity index (χ1v) is 38.8. The van der Waals surface area contributed by atoms with Crippen LogP contribution in [0.1, 0.15) is 297 Å². The van der Waals surface area contributed by atoms with Gasteiger partial charge in [0.2, 0.25) is 0 Å². The summed E-state index contributed by atoms with van der Waals surface area (Å²) in [6.07, 6.45) is 64.9. The van der Waals surface area contributed by atoms with Crippen LogP contribution in [-0.2, 0) is 65.4 Å². The van der Waals surface area contributed by atoms with Gasteiger partial charge in [-0.15, -0.1) is 0 Å². The van der Waals surface area contributed by atoms with E-state index < -0.39 is 97.5 Å². The number of unbranched alkanes of at least 4 members (excludes halogenated alkanes) is 28. The van der Waals surface area contributed by atoms with Crippen molar-refractivity contribution in [3.05, 3.63) is 85.1 Å². The molecule has 0 rings (SSSR count). The van der Waals surface area contributed by atoms with Crippen molar-refractivity contribution in [1.82, 2.24) is 0 Å². The van der Waals surface area contributed by atoms with Crippen LogP contribution in [0.5, 0.6) is 0 Å². The highest BCUT2D eigenvalue weighted by Crippen LogP contribution is 2.45. The number of esters is 4. The fourth-order valence-corrected chi connectivity index (χ4v) is 11.0. The summed E-state index contributed by atoms with van der Waals surface area (Å²) < 4.78 is 68.1. The van der Waals surface area contributed by atoms with Gasteiger partial charge in [-0.3, -0.25) is 37.3 Å². The van der Waals surface area contributed by atoms with Crippen LogP contribution >= 0.6 is 15.6 Å². The summed E-state index contributed by atoms with van der Waals surface area (Å²) in [5.74, 6) is -2.33. The molecular formula is C73H128O17P2. The predicted octanol–water partition coefficient (Wildman–Crippen LogP) is 19.9. The third-order valence-electron chi connectivity index (χ3n) is 14.9. The molecule has 19 heteroatoms. The molecule has 0 saturated carbocycles. The van der Waals surface area contributed by atoms with Crippen molar-refractivity contribution < 1.29 is 80.2 Å². The highest BCUT2D eigenvalue weighted by atomic mass is 31.2. The largest absolute Gasteiger partial charge is 0.472 e. The maximum Gasteiger partial charge on any atom is 0.472 e. The van der Waals surface area contributed by atoms with E-state index in [2.05, 4.69) is 88.5 Å². The molecule has 0 radical (unpaired) electrons. The molecule has 0 aliphatic rings. The van der Waals surface area contributed by atoms with Crippen molar-refractivity contribution in [2.75, 3.05) is 39.6 Å². The summed E-state index contributed by atoms with van der Waals surface area (Å²) in [5.41, 5.74) is 0. The lowest BCUT2D eigenvalue weighted by Gasteiger charge is -2.21. The van der Waals surface area contributed by atoms with Crippen molar-refractivity contribution >= 4 is 39.5 Å². The van der Waals surface area contributed by atoms with E-state index in [0.717, 1.165) is 128 Å². The Kier molecular flexibility index (Phi) is 63.2. The summed E-state index contributed by atoms with van der Waals surface area (Å²) in [7, 11) is -9.95. The van der Waals surface area contributed by atoms with E-state index in [1.165, 1.54) is 89.9 Å². The van der Waals surface area contributed by atoms with Crippen molar-refractivity contribution in [3.63, 3.8) is 0 Å². The van der Waals surface area contributed by atoms with Gasteiger partial charge in [0.05, 0.1) is 32.8 Å². The number of hydrogen-bond donors (Lipinski definition) is 3. The number of carbonyl (C=O) groups excluding carboxylic acids is 4. The average molecular weight is 1340 g/mol. The molecule has 0 aromatic carbocycles.